The van der Waals surface area contributed by atoms with Gasteiger partial charge in [0.25, 0.3) is 0 Å². The van der Waals surface area contributed by atoms with Crippen LogP contribution in [0.5, 0.6) is 0 Å². The standard InChI is InChI=1S/C74H48/c1-9-27-49(28-10-1)63-65(51-31-13-3-14-32-51)69(55-39-21-7-22-40-55)73-71(67(63)53-35-17-5-18-36-53)61-47-59-45-57-43-25-26-44-58(57)46-60(59)48-62(61)72-68(54-37-19-6-20-38-54)64(50-29-11-2-12-30-50)66(52-33-15-4-16-34-52)70(74(72)73)56-41-23-8-24-42-56/h1-48H. The van der Waals surface area contributed by atoms with Gasteiger partial charge in [-0.15, -0.1) is 0 Å². The van der Waals surface area contributed by atoms with Gasteiger partial charge in [0.15, 0.2) is 0 Å². The Hall–Kier alpha value is -9.62. The van der Waals surface area contributed by atoms with Gasteiger partial charge in [0.05, 0.1) is 0 Å². The van der Waals surface area contributed by atoms with Gasteiger partial charge < -0.3 is 0 Å². The molecule has 0 heterocycles. The molecular weight excluding hydrogens is 889 g/mol. The number of rotatable bonds is 8. The van der Waals surface area contributed by atoms with Crippen LogP contribution in [0.1, 0.15) is 0 Å². The Bertz CT molecular complexity index is 4090. The predicted molar refractivity (Wildman–Crippen MR) is 317 cm³/mol. The summed E-state index contributed by atoms with van der Waals surface area (Å²) in [7, 11) is 0. The molecular formula is C74H48. The van der Waals surface area contributed by atoms with Crippen molar-refractivity contribution in [1.82, 2.24) is 0 Å². The van der Waals surface area contributed by atoms with Gasteiger partial charge in [-0.1, -0.05) is 267 Å². The van der Waals surface area contributed by atoms with Crippen molar-refractivity contribution in [2.45, 2.75) is 0 Å². The predicted octanol–water partition coefficient (Wildman–Crippen LogP) is 20.8. The normalized spacial score (nSPS) is 11.5. The van der Waals surface area contributed by atoms with Crippen LogP contribution in [0.25, 0.3) is 143 Å². The molecule has 0 saturated heterocycles. The van der Waals surface area contributed by atoms with Crippen LogP contribution in [0.3, 0.4) is 0 Å². The first-order valence-corrected chi connectivity index (χ1v) is 25.7. The van der Waals surface area contributed by atoms with Crippen molar-refractivity contribution in [1.29, 1.82) is 0 Å². The summed E-state index contributed by atoms with van der Waals surface area (Å²) < 4.78 is 0. The molecule has 0 aromatic heterocycles. The SMILES string of the molecule is c1ccc(-c2c(-c3ccccc3)c(-c3ccccc3)c3c(c2-c2ccccc2)c2cc4cc5ccccc5cc4cc2c2c(-c4ccccc4)c(-c4ccccc4)c(-c4ccccc4)c(-c4ccccc4)c23)cc1. The second kappa shape index (κ2) is 18.2. The van der Waals surface area contributed by atoms with E-state index in [9.17, 15) is 0 Å². The van der Waals surface area contributed by atoms with E-state index in [1.54, 1.807) is 0 Å². The maximum atomic E-state index is 2.53. The summed E-state index contributed by atoms with van der Waals surface area (Å²) in [6, 6.07) is 108. The Morgan fingerprint density at radius 3 is 0.554 bits per heavy atom. The Morgan fingerprint density at radius 1 is 0.135 bits per heavy atom. The van der Waals surface area contributed by atoms with Crippen LogP contribution < -0.4 is 0 Å². The zero-order chi connectivity index (χ0) is 49.0. The van der Waals surface area contributed by atoms with E-state index in [1.165, 1.54) is 121 Å². The van der Waals surface area contributed by atoms with Crippen molar-refractivity contribution >= 4 is 53.9 Å². The summed E-state index contributed by atoms with van der Waals surface area (Å²) in [4.78, 5) is 0. The summed E-state index contributed by atoms with van der Waals surface area (Å²) in [6.45, 7) is 0. The molecule has 74 heavy (non-hydrogen) atoms. The van der Waals surface area contributed by atoms with E-state index in [0.29, 0.717) is 0 Å². The first kappa shape index (κ1) is 43.2. The smallest absolute Gasteiger partial charge is 0.0000706 e. The number of fused-ring (bicyclic) bond motifs is 8. The molecule has 0 N–H and O–H groups in total. The fourth-order valence-corrected chi connectivity index (χ4v) is 12.1. The second-order valence-electron chi connectivity index (χ2n) is 19.4. The van der Waals surface area contributed by atoms with Crippen LogP contribution in [0.2, 0.25) is 0 Å². The zero-order valence-corrected chi connectivity index (χ0v) is 40.7. The van der Waals surface area contributed by atoms with Gasteiger partial charge in [-0.2, -0.15) is 0 Å². The molecule has 0 bridgehead atoms. The minimum absolute atomic E-state index is 1.16. The van der Waals surface area contributed by atoms with Crippen molar-refractivity contribution in [3.05, 3.63) is 291 Å². The van der Waals surface area contributed by atoms with Gasteiger partial charge in [0, 0.05) is 0 Å². The van der Waals surface area contributed by atoms with Crippen molar-refractivity contribution in [3.63, 3.8) is 0 Å². The van der Waals surface area contributed by atoms with E-state index < -0.39 is 0 Å². The molecule has 344 valence electrons. The molecule has 0 spiro atoms. The highest BCUT2D eigenvalue weighted by atomic mass is 14.3. The van der Waals surface area contributed by atoms with Crippen molar-refractivity contribution < 1.29 is 0 Å². The zero-order valence-electron chi connectivity index (χ0n) is 40.7. The lowest BCUT2D eigenvalue weighted by Crippen LogP contribution is -2.03. The highest BCUT2D eigenvalue weighted by Gasteiger charge is 2.32. The Balaban J connectivity index is 1.42. The first-order chi connectivity index (χ1) is 36.8. The van der Waals surface area contributed by atoms with E-state index in [2.05, 4.69) is 291 Å². The maximum Gasteiger partial charge on any atom is -0.0000706 e. The molecule has 0 aliphatic heterocycles. The first-order valence-electron chi connectivity index (χ1n) is 25.7. The molecule has 0 nitrogen and oxygen atoms in total. The van der Waals surface area contributed by atoms with Gasteiger partial charge >= 0.3 is 0 Å². The molecule has 0 atom stereocenters. The molecule has 14 aromatic carbocycles. The average molecular weight is 937 g/mol. The lowest BCUT2D eigenvalue weighted by atomic mass is 9.72. The minimum Gasteiger partial charge on any atom is -0.0622 e. The van der Waals surface area contributed by atoms with Gasteiger partial charge in [0.1, 0.15) is 0 Å². The summed E-state index contributed by atoms with van der Waals surface area (Å²) in [5.41, 5.74) is 19.0. The van der Waals surface area contributed by atoms with Crippen LogP contribution in [-0.2, 0) is 0 Å². The van der Waals surface area contributed by atoms with Crippen molar-refractivity contribution in [2.24, 2.45) is 0 Å². The molecule has 0 fully saturated rings. The molecule has 0 aliphatic carbocycles. The van der Waals surface area contributed by atoms with Gasteiger partial charge in [0.2, 0.25) is 0 Å². The third kappa shape index (κ3) is 7.14. The number of hydrogen-bond donors (Lipinski definition) is 0. The van der Waals surface area contributed by atoms with E-state index >= 15 is 0 Å². The van der Waals surface area contributed by atoms with Gasteiger partial charge in [-0.05, 0) is 167 Å². The number of hydrogen-bond acceptors (Lipinski definition) is 0. The van der Waals surface area contributed by atoms with E-state index in [1.807, 2.05) is 0 Å². The average Bonchev–Trinajstić information content (AvgIpc) is 3.51. The molecule has 0 unspecified atom stereocenters. The fraction of sp³-hybridized carbons (Fsp3) is 0. The molecule has 0 saturated carbocycles. The summed E-state index contributed by atoms with van der Waals surface area (Å²) in [5.74, 6) is 0. The lowest BCUT2D eigenvalue weighted by molar-refractivity contribution is 1.56. The quantitative estimate of drug-likeness (QED) is 0.105. The summed E-state index contributed by atoms with van der Waals surface area (Å²) >= 11 is 0. The second-order valence-corrected chi connectivity index (χ2v) is 19.4. The van der Waals surface area contributed by atoms with Crippen LogP contribution >= 0.6 is 0 Å². The summed E-state index contributed by atoms with van der Waals surface area (Å²) in [5, 5.41) is 12.2. The molecule has 0 amide bonds. The Kier molecular flexibility index (Phi) is 10.6. The molecule has 14 rings (SSSR count). The van der Waals surface area contributed by atoms with Gasteiger partial charge in [-0.3, -0.25) is 0 Å². The molecule has 0 aliphatic rings. The number of benzene rings is 14. The summed E-state index contributed by atoms with van der Waals surface area (Å²) in [6.07, 6.45) is 0. The monoisotopic (exact) mass is 936 g/mol. The molecule has 14 aromatic rings. The minimum atomic E-state index is 1.16. The van der Waals surface area contributed by atoms with Crippen LogP contribution in [0.15, 0.2) is 291 Å². The largest absolute Gasteiger partial charge is 0.0622 e. The van der Waals surface area contributed by atoms with Crippen LogP contribution in [0, 0.1) is 0 Å². The molecule has 0 heteroatoms. The topological polar surface area (TPSA) is 0 Å². The highest BCUT2D eigenvalue weighted by molar-refractivity contribution is 6.42. The Morgan fingerprint density at radius 2 is 0.324 bits per heavy atom. The van der Waals surface area contributed by atoms with Crippen LogP contribution in [-0.4, -0.2) is 0 Å². The van der Waals surface area contributed by atoms with Crippen molar-refractivity contribution in [2.75, 3.05) is 0 Å². The fourth-order valence-electron chi connectivity index (χ4n) is 12.1. The lowest BCUT2D eigenvalue weighted by Gasteiger charge is -2.30. The van der Waals surface area contributed by atoms with Gasteiger partial charge in [-0.25, -0.2) is 0 Å². The van der Waals surface area contributed by atoms with E-state index in [0.717, 1.165) is 22.3 Å². The van der Waals surface area contributed by atoms with E-state index in [4.69, 9.17) is 0 Å². The molecule has 0 radical (unpaired) electrons. The van der Waals surface area contributed by atoms with Crippen LogP contribution in [0.4, 0.5) is 0 Å². The Labute approximate surface area is 431 Å². The maximum absolute atomic E-state index is 2.53. The third-order valence-corrected chi connectivity index (χ3v) is 15.1. The third-order valence-electron chi connectivity index (χ3n) is 15.1. The van der Waals surface area contributed by atoms with E-state index in [-0.39, 0.29) is 0 Å². The van der Waals surface area contributed by atoms with Crippen molar-refractivity contribution in [3.8, 4) is 89.0 Å². The highest BCUT2D eigenvalue weighted by Crippen LogP contribution is 2.60.